The summed E-state index contributed by atoms with van der Waals surface area (Å²) in [5.41, 5.74) is 0.415. The first kappa shape index (κ1) is 13.0. The van der Waals surface area contributed by atoms with Crippen molar-refractivity contribution in [1.29, 1.82) is 0 Å². The number of aromatic nitrogens is 3. The van der Waals surface area contributed by atoms with Crippen molar-refractivity contribution < 1.29 is 8.42 Å². The molecule has 0 aliphatic heterocycles. The lowest BCUT2D eigenvalue weighted by Crippen LogP contribution is -2.15. The average molecular weight is 331 g/mol. The van der Waals surface area contributed by atoms with E-state index in [0.717, 1.165) is 5.82 Å². The monoisotopic (exact) mass is 330 g/mol. The number of aryl methyl sites for hydroxylation is 1. The molecule has 0 aromatic carbocycles. The molecule has 0 aliphatic rings. The van der Waals surface area contributed by atoms with E-state index in [1.165, 1.54) is 0 Å². The Bertz CT molecular complexity index is 653. The molecule has 2 heterocycles. The first-order valence-electron chi connectivity index (χ1n) is 5.05. The highest BCUT2D eigenvalue weighted by molar-refractivity contribution is 9.10. The molecule has 1 N–H and O–H groups in total. The molecule has 6 nitrogen and oxygen atoms in total. The van der Waals surface area contributed by atoms with Gasteiger partial charge in [-0.3, -0.25) is 9.29 Å². The molecule has 0 bridgehead atoms. The highest BCUT2D eigenvalue weighted by Gasteiger charge is 2.13. The Morgan fingerprint density at radius 2 is 2.17 bits per heavy atom. The van der Waals surface area contributed by atoms with Crippen LogP contribution in [0.15, 0.2) is 30.7 Å². The van der Waals surface area contributed by atoms with Crippen molar-refractivity contribution in [2.24, 2.45) is 0 Å². The number of alkyl halides is 1. The zero-order valence-electron chi connectivity index (χ0n) is 9.54. The van der Waals surface area contributed by atoms with Crippen LogP contribution in [-0.4, -0.2) is 27.6 Å². The second kappa shape index (κ2) is 5.07. The summed E-state index contributed by atoms with van der Waals surface area (Å²) < 4.78 is 27.1. The van der Waals surface area contributed by atoms with E-state index in [0.29, 0.717) is 11.5 Å². The standard InChI is InChI=1S/C10H11BrN4O2S/c1-8-12-5-6-15(8)10-9(3-2-4-13-10)14-18(16,17)7-11/h2-6,14H,7H2,1H3. The van der Waals surface area contributed by atoms with Gasteiger partial charge in [0.05, 0.1) is 5.69 Å². The lowest BCUT2D eigenvalue weighted by Gasteiger charge is -2.11. The molecular formula is C10H11BrN4O2S. The van der Waals surface area contributed by atoms with E-state index in [1.807, 2.05) is 6.92 Å². The minimum atomic E-state index is -3.41. The number of anilines is 1. The van der Waals surface area contributed by atoms with Crippen molar-refractivity contribution in [3.8, 4) is 5.82 Å². The maximum Gasteiger partial charge on any atom is 0.242 e. The zero-order chi connectivity index (χ0) is 13.2. The van der Waals surface area contributed by atoms with Crippen LogP contribution in [0.25, 0.3) is 5.82 Å². The number of halogens is 1. The minimum absolute atomic E-state index is 0.169. The Morgan fingerprint density at radius 1 is 1.39 bits per heavy atom. The summed E-state index contributed by atoms with van der Waals surface area (Å²) in [7, 11) is -3.41. The Labute approximate surface area is 113 Å². The number of pyridine rings is 1. The molecule has 8 heteroatoms. The largest absolute Gasteiger partial charge is 0.286 e. The van der Waals surface area contributed by atoms with Crippen LogP contribution in [0.4, 0.5) is 5.69 Å². The van der Waals surface area contributed by atoms with E-state index in [4.69, 9.17) is 0 Å². The van der Waals surface area contributed by atoms with Crippen molar-refractivity contribution in [2.45, 2.75) is 6.92 Å². The van der Waals surface area contributed by atoms with Crippen LogP contribution >= 0.6 is 15.9 Å². The quantitative estimate of drug-likeness (QED) is 0.865. The Morgan fingerprint density at radius 3 is 2.78 bits per heavy atom. The van der Waals surface area contributed by atoms with Gasteiger partial charge < -0.3 is 0 Å². The Balaban J connectivity index is 2.48. The predicted octanol–water partition coefficient (Wildman–Crippen LogP) is 1.67. The first-order chi connectivity index (χ1) is 8.53. The van der Waals surface area contributed by atoms with Gasteiger partial charge in [-0.15, -0.1) is 0 Å². The average Bonchev–Trinajstić information content (AvgIpc) is 2.76. The predicted molar refractivity (Wildman–Crippen MR) is 72.4 cm³/mol. The third kappa shape index (κ3) is 2.70. The van der Waals surface area contributed by atoms with Crippen LogP contribution in [0, 0.1) is 6.92 Å². The van der Waals surface area contributed by atoms with Gasteiger partial charge in [-0.25, -0.2) is 18.4 Å². The summed E-state index contributed by atoms with van der Waals surface area (Å²) in [4.78, 5) is 8.27. The van der Waals surface area contributed by atoms with Crippen molar-refractivity contribution >= 4 is 31.6 Å². The topological polar surface area (TPSA) is 76.9 Å². The number of sulfonamides is 1. The van der Waals surface area contributed by atoms with Gasteiger partial charge in [-0.1, -0.05) is 15.9 Å². The summed E-state index contributed by atoms with van der Waals surface area (Å²) in [5, 5.41) is 0. The van der Waals surface area contributed by atoms with Gasteiger partial charge in [0.25, 0.3) is 0 Å². The van der Waals surface area contributed by atoms with Crippen LogP contribution in [-0.2, 0) is 10.0 Å². The van der Waals surface area contributed by atoms with Crippen LogP contribution in [0.3, 0.4) is 0 Å². The molecule has 2 aromatic heterocycles. The van der Waals surface area contributed by atoms with Crippen LogP contribution in [0.2, 0.25) is 0 Å². The van der Waals surface area contributed by atoms with Gasteiger partial charge in [0.2, 0.25) is 10.0 Å². The van der Waals surface area contributed by atoms with E-state index in [-0.39, 0.29) is 4.66 Å². The number of hydrogen-bond acceptors (Lipinski definition) is 4. The minimum Gasteiger partial charge on any atom is -0.286 e. The second-order valence-corrected chi connectivity index (χ2v) is 6.57. The molecule has 0 unspecified atom stereocenters. The van der Waals surface area contributed by atoms with Gasteiger partial charge in [-0.2, -0.15) is 0 Å². The second-order valence-electron chi connectivity index (χ2n) is 3.54. The number of rotatable bonds is 4. The first-order valence-corrected chi connectivity index (χ1v) is 7.82. The highest BCUT2D eigenvalue weighted by atomic mass is 79.9. The summed E-state index contributed by atoms with van der Waals surface area (Å²) in [5.74, 6) is 1.23. The summed E-state index contributed by atoms with van der Waals surface area (Å²) in [6, 6.07) is 3.32. The van der Waals surface area contributed by atoms with E-state index in [2.05, 4.69) is 30.6 Å². The third-order valence-corrected chi connectivity index (χ3v) is 4.88. The fraction of sp³-hybridized carbons (Fsp3) is 0.200. The third-order valence-electron chi connectivity index (χ3n) is 2.25. The highest BCUT2D eigenvalue weighted by Crippen LogP contribution is 2.20. The van der Waals surface area contributed by atoms with Crippen molar-refractivity contribution in [2.75, 3.05) is 9.38 Å². The van der Waals surface area contributed by atoms with E-state index in [9.17, 15) is 8.42 Å². The SMILES string of the molecule is Cc1nccn1-c1ncccc1NS(=O)(=O)CBr. The molecule has 0 fully saturated rings. The van der Waals surface area contributed by atoms with Crippen molar-refractivity contribution in [3.63, 3.8) is 0 Å². The molecule has 0 saturated heterocycles. The molecule has 0 saturated carbocycles. The molecular weight excluding hydrogens is 320 g/mol. The van der Waals surface area contributed by atoms with Gasteiger partial charge >= 0.3 is 0 Å². The smallest absolute Gasteiger partial charge is 0.242 e. The molecule has 18 heavy (non-hydrogen) atoms. The van der Waals surface area contributed by atoms with Gasteiger partial charge in [0.15, 0.2) is 5.82 Å². The van der Waals surface area contributed by atoms with E-state index >= 15 is 0 Å². The number of nitrogens with zero attached hydrogens (tertiary/aromatic N) is 3. The fourth-order valence-corrected chi connectivity index (χ4v) is 2.36. The summed E-state index contributed by atoms with van der Waals surface area (Å²) in [6.45, 7) is 1.82. The molecule has 0 radical (unpaired) electrons. The maximum absolute atomic E-state index is 11.6. The maximum atomic E-state index is 11.6. The van der Waals surface area contributed by atoms with Crippen LogP contribution in [0.1, 0.15) is 5.82 Å². The Hall–Kier alpha value is -1.41. The molecule has 96 valence electrons. The normalized spacial score (nSPS) is 11.4. The molecule has 2 rings (SSSR count). The van der Waals surface area contributed by atoms with Gasteiger partial charge in [0, 0.05) is 18.6 Å². The fourth-order valence-electron chi connectivity index (χ4n) is 1.47. The molecule has 2 aromatic rings. The zero-order valence-corrected chi connectivity index (χ0v) is 11.9. The van der Waals surface area contributed by atoms with Crippen LogP contribution < -0.4 is 4.72 Å². The van der Waals surface area contributed by atoms with E-state index < -0.39 is 10.0 Å². The lowest BCUT2D eigenvalue weighted by atomic mass is 10.4. The molecule has 0 spiro atoms. The molecule has 0 aliphatic carbocycles. The van der Waals surface area contributed by atoms with E-state index in [1.54, 1.807) is 35.3 Å². The number of nitrogens with one attached hydrogen (secondary N) is 1. The number of imidazole rings is 1. The van der Waals surface area contributed by atoms with Crippen molar-refractivity contribution in [1.82, 2.24) is 14.5 Å². The summed E-state index contributed by atoms with van der Waals surface area (Å²) in [6.07, 6.45) is 4.96. The van der Waals surface area contributed by atoms with Crippen LogP contribution in [0.5, 0.6) is 0 Å². The molecule has 0 atom stereocenters. The molecule has 0 amide bonds. The number of hydrogen-bond donors (Lipinski definition) is 1. The summed E-state index contributed by atoms with van der Waals surface area (Å²) >= 11 is 2.93. The van der Waals surface area contributed by atoms with Crippen molar-refractivity contribution in [3.05, 3.63) is 36.5 Å². The lowest BCUT2D eigenvalue weighted by molar-refractivity contribution is 0.606. The Kier molecular flexibility index (Phi) is 3.67. The van der Waals surface area contributed by atoms with Gasteiger partial charge in [-0.05, 0) is 19.1 Å². The van der Waals surface area contributed by atoms with Gasteiger partial charge in [0.1, 0.15) is 10.5 Å².